The van der Waals surface area contributed by atoms with Gasteiger partial charge in [0.25, 0.3) is 0 Å². The molecule has 1 heterocycles. The Kier molecular flexibility index (Phi) is 2.79. The molecule has 0 N–H and O–H groups in total. The molecule has 0 fully saturated rings. The van der Waals surface area contributed by atoms with Crippen LogP contribution in [-0.4, -0.2) is 6.17 Å². The lowest BCUT2D eigenvalue weighted by molar-refractivity contribution is 0.0193. The Morgan fingerprint density at radius 2 is 1.19 bits per heavy atom. The molecule has 0 aliphatic carbocycles. The van der Waals surface area contributed by atoms with Crippen molar-refractivity contribution in [3.8, 4) is 0 Å². The lowest BCUT2D eigenvalue weighted by Gasteiger charge is -2.00. The summed E-state index contributed by atoms with van der Waals surface area (Å²) in [6.07, 6.45) is -3.61. The molecule has 0 saturated carbocycles. The van der Waals surface area contributed by atoms with E-state index >= 15 is 0 Å². The maximum Gasteiger partial charge on any atom is 0.450 e. The summed E-state index contributed by atoms with van der Waals surface area (Å²) < 4.78 is 51.9. The van der Waals surface area contributed by atoms with Gasteiger partial charge in [0, 0.05) is 11.1 Å². The van der Waals surface area contributed by atoms with Crippen LogP contribution in [0.15, 0.2) is 9.98 Å². The molecule has 0 amide bonds. The molecule has 1 aromatic carbocycles. The van der Waals surface area contributed by atoms with Crippen LogP contribution in [0.3, 0.4) is 0 Å². The molecule has 1 aliphatic heterocycles. The first-order chi connectivity index (χ1) is 6.83. The van der Waals surface area contributed by atoms with Crippen molar-refractivity contribution in [2.75, 3.05) is 0 Å². The minimum absolute atomic E-state index is 0. The van der Waals surface area contributed by atoms with Crippen LogP contribution in [0.4, 0.5) is 17.6 Å². The Labute approximate surface area is 89.3 Å². The third kappa shape index (κ3) is 1.58. The molecular weight excluding hydrogens is 224 g/mol. The second-order valence-electron chi connectivity index (χ2n) is 3.31. The van der Waals surface area contributed by atoms with Crippen molar-refractivity contribution in [2.24, 2.45) is 9.98 Å². The zero-order valence-electron chi connectivity index (χ0n) is 7.91. The van der Waals surface area contributed by atoms with E-state index in [0.717, 1.165) is 0 Å². The van der Waals surface area contributed by atoms with Crippen LogP contribution in [0.25, 0.3) is 0 Å². The Morgan fingerprint density at radius 3 is 1.50 bits per heavy atom. The molecule has 1 aromatic rings. The Balaban J connectivity index is 0.00000128. The largest absolute Gasteiger partial charge is 0.450 e. The second kappa shape index (κ2) is 3.54. The van der Waals surface area contributed by atoms with Gasteiger partial charge in [-0.3, -0.25) is 0 Å². The second-order valence-corrected chi connectivity index (χ2v) is 3.31. The molecule has 0 aromatic heterocycles. The lowest BCUT2D eigenvalue weighted by atomic mass is 10.1. The van der Waals surface area contributed by atoms with Gasteiger partial charge in [0.05, 0.1) is 10.7 Å². The third-order valence-corrected chi connectivity index (χ3v) is 2.28. The summed E-state index contributed by atoms with van der Waals surface area (Å²) in [7, 11) is 0. The number of nitrogens with zero attached hydrogens (tertiary/aromatic N) is 2. The van der Waals surface area contributed by atoms with Crippen molar-refractivity contribution in [1.29, 1.82) is 0 Å². The van der Waals surface area contributed by atoms with Crippen LogP contribution in [0.5, 0.6) is 0 Å². The number of benzene rings is 1. The fourth-order valence-electron chi connectivity index (χ4n) is 1.46. The maximum atomic E-state index is 13.2. The van der Waals surface area contributed by atoms with Crippen LogP contribution < -0.4 is 10.7 Å². The molecule has 0 saturated heterocycles. The monoisotopic (exact) mass is 234 g/mol. The van der Waals surface area contributed by atoms with E-state index in [0.29, 0.717) is 0 Å². The highest BCUT2D eigenvalue weighted by Crippen LogP contribution is 2.19. The highest BCUT2D eigenvalue weighted by atomic mass is 19.3. The van der Waals surface area contributed by atoms with Gasteiger partial charge in [-0.25, -0.2) is 8.78 Å². The van der Waals surface area contributed by atoms with Gasteiger partial charge in [-0.15, -0.1) is 0 Å². The first-order valence-corrected chi connectivity index (χ1v) is 4.15. The van der Waals surface area contributed by atoms with Gasteiger partial charge in [0.1, 0.15) is 0 Å². The van der Waals surface area contributed by atoms with Crippen molar-refractivity contribution in [2.45, 2.75) is 27.4 Å². The van der Waals surface area contributed by atoms with Crippen molar-refractivity contribution in [3.05, 3.63) is 33.5 Å². The first-order valence-electron chi connectivity index (χ1n) is 4.15. The minimum Gasteiger partial charge on any atom is -0.203 e. The molecule has 2 rings (SSSR count). The average Bonchev–Trinajstić information content (AvgIpc) is 2.48. The number of fused-ring (bicyclic) bond motifs is 1. The lowest BCUT2D eigenvalue weighted by Crippen LogP contribution is -2.30. The molecule has 0 unspecified atom stereocenters. The maximum absolute atomic E-state index is 13.2. The Bertz CT molecular complexity index is 514. The smallest absolute Gasteiger partial charge is 0.203 e. The summed E-state index contributed by atoms with van der Waals surface area (Å²) in [4.78, 5) is 5.88. The molecule has 1 aliphatic rings. The van der Waals surface area contributed by atoms with Gasteiger partial charge in [-0.2, -0.15) is 18.8 Å². The van der Waals surface area contributed by atoms with E-state index in [4.69, 9.17) is 0 Å². The van der Waals surface area contributed by atoms with E-state index in [1.54, 1.807) is 0 Å². The standard InChI is InChI=1S/C9H6F4N2.CH4/c1-3-5(10)6(11)4(2)8-7(3)14-9(12,13)15-8;/h1-2H3;1H4. The van der Waals surface area contributed by atoms with E-state index in [1.165, 1.54) is 13.8 Å². The van der Waals surface area contributed by atoms with E-state index in [2.05, 4.69) is 9.98 Å². The van der Waals surface area contributed by atoms with Gasteiger partial charge >= 0.3 is 6.17 Å². The number of halogens is 4. The number of rotatable bonds is 0. The molecule has 0 spiro atoms. The van der Waals surface area contributed by atoms with Crippen LogP contribution in [0.1, 0.15) is 18.6 Å². The zero-order valence-corrected chi connectivity index (χ0v) is 7.91. The summed E-state index contributed by atoms with van der Waals surface area (Å²) in [5, 5.41) is -0.534. The summed E-state index contributed by atoms with van der Waals surface area (Å²) in [6.45, 7) is 2.38. The van der Waals surface area contributed by atoms with Gasteiger partial charge in [0.15, 0.2) is 11.6 Å². The molecule has 6 heteroatoms. The number of hydrogen-bond acceptors (Lipinski definition) is 2. The van der Waals surface area contributed by atoms with Gasteiger partial charge in [0.2, 0.25) is 0 Å². The van der Waals surface area contributed by atoms with E-state index in [-0.39, 0.29) is 29.3 Å². The van der Waals surface area contributed by atoms with E-state index in [9.17, 15) is 17.6 Å². The fraction of sp³-hybridized carbons (Fsp3) is 0.400. The minimum atomic E-state index is -3.61. The molecule has 16 heavy (non-hydrogen) atoms. The van der Waals surface area contributed by atoms with Crippen molar-refractivity contribution in [3.63, 3.8) is 0 Å². The highest BCUT2D eigenvalue weighted by molar-refractivity contribution is 5.25. The Morgan fingerprint density at radius 1 is 0.875 bits per heavy atom. The predicted octanol–water partition coefficient (Wildman–Crippen LogP) is 2.02. The van der Waals surface area contributed by atoms with Crippen LogP contribution in [0.2, 0.25) is 0 Å². The van der Waals surface area contributed by atoms with Crippen LogP contribution >= 0.6 is 0 Å². The predicted molar refractivity (Wildman–Crippen MR) is 49.8 cm³/mol. The van der Waals surface area contributed by atoms with Crippen molar-refractivity contribution in [1.82, 2.24) is 0 Å². The van der Waals surface area contributed by atoms with Crippen LogP contribution in [0, 0.1) is 25.5 Å². The van der Waals surface area contributed by atoms with Crippen molar-refractivity contribution >= 4 is 0 Å². The normalized spacial score (nSPS) is 15.9. The quantitative estimate of drug-likeness (QED) is 0.484. The topological polar surface area (TPSA) is 24.7 Å². The van der Waals surface area contributed by atoms with Gasteiger partial charge in [-0.05, 0) is 13.8 Å². The molecular formula is C10H10F4N2. The fourth-order valence-corrected chi connectivity index (χ4v) is 1.46. The van der Waals surface area contributed by atoms with E-state index in [1.807, 2.05) is 0 Å². The van der Waals surface area contributed by atoms with Gasteiger partial charge in [-0.1, -0.05) is 7.43 Å². The summed E-state index contributed by atoms with van der Waals surface area (Å²) in [6, 6.07) is 0. The van der Waals surface area contributed by atoms with Gasteiger partial charge < -0.3 is 0 Å². The summed E-state index contributed by atoms with van der Waals surface area (Å²) in [5.74, 6) is -2.30. The number of alkyl halides is 2. The Hall–Kier alpha value is -1.46. The first kappa shape index (κ1) is 12.6. The number of hydrogen-bond donors (Lipinski definition) is 0. The molecule has 0 bridgehead atoms. The third-order valence-electron chi connectivity index (χ3n) is 2.28. The van der Waals surface area contributed by atoms with E-state index < -0.39 is 17.8 Å². The molecule has 88 valence electrons. The zero-order chi connectivity index (χ0) is 11.4. The summed E-state index contributed by atoms with van der Waals surface area (Å²) in [5.41, 5.74) is -0.483. The van der Waals surface area contributed by atoms with Crippen LogP contribution in [-0.2, 0) is 0 Å². The highest BCUT2D eigenvalue weighted by Gasteiger charge is 2.32. The molecule has 0 atom stereocenters. The summed E-state index contributed by atoms with van der Waals surface area (Å²) >= 11 is 0. The molecule has 2 nitrogen and oxygen atoms in total. The average molecular weight is 234 g/mol. The molecule has 0 radical (unpaired) electrons. The van der Waals surface area contributed by atoms with Crippen molar-refractivity contribution < 1.29 is 17.6 Å². The SMILES string of the molecule is C.Cc1c(F)c(F)c(C)c2c1=NC(F)(F)N=2.